The highest BCUT2D eigenvalue weighted by molar-refractivity contribution is 7.89. The molecule has 7 heteroatoms. The summed E-state index contributed by atoms with van der Waals surface area (Å²) in [4.78, 5) is 17.4. The van der Waals surface area contributed by atoms with Crippen LogP contribution in [-0.2, 0) is 10.0 Å². The van der Waals surface area contributed by atoms with Crippen molar-refractivity contribution in [3.63, 3.8) is 0 Å². The van der Waals surface area contributed by atoms with Gasteiger partial charge in [-0.05, 0) is 44.0 Å². The van der Waals surface area contributed by atoms with E-state index in [1.54, 1.807) is 29.3 Å². The van der Waals surface area contributed by atoms with E-state index in [1.807, 2.05) is 26.0 Å². The van der Waals surface area contributed by atoms with Gasteiger partial charge in [0.2, 0.25) is 10.0 Å². The maximum absolute atomic E-state index is 13.0. The van der Waals surface area contributed by atoms with E-state index < -0.39 is 10.0 Å². The SMILES string of the molecule is Cc1ccc(S(=O)(=O)N2CCCN(C(=O)c3ccc[nH]3)CC2)c(C)c1. The molecule has 134 valence electrons. The Bertz CT molecular complexity index is 860. The standard InChI is InChI=1S/C18H23N3O3S/c1-14-6-7-17(15(2)13-14)25(23,24)21-10-4-9-20(11-12-21)18(22)16-5-3-8-19-16/h3,5-8,13,19H,4,9-12H2,1-2H3. The van der Waals surface area contributed by atoms with Crippen molar-refractivity contribution in [1.29, 1.82) is 0 Å². The summed E-state index contributed by atoms with van der Waals surface area (Å²) in [6.45, 7) is 5.43. The van der Waals surface area contributed by atoms with Crippen molar-refractivity contribution in [2.45, 2.75) is 25.2 Å². The van der Waals surface area contributed by atoms with Gasteiger partial charge in [0.1, 0.15) is 5.69 Å². The Morgan fingerprint density at radius 3 is 2.56 bits per heavy atom. The lowest BCUT2D eigenvalue weighted by atomic mass is 10.2. The highest BCUT2D eigenvalue weighted by atomic mass is 32.2. The molecule has 0 radical (unpaired) electrons. The summed E-state index contributed by atoms with van der Waals surface area (Å²) in [5.41, 5.74) is 2.32. The van der Waals surface area contributed by atoms with E-state index in [-0.39, 0.29) is 5.91 Å². The van der Waals surface area contributed by atoms with Crippen molar-refractivity contribution in [1.82, 2.24) is 14.2 Å². The first-order chi connectivity index (χ1) is 11.9. The topological polar surface area (TPSA) is 73.5 Å². The third-order valence-electron chi connectivity index (χ3n) is 4.52. The second kappa shape index (κ2) is 7.01. The van der Waals surface area contributed by atoms with E-state index in [4.69, 9.17) is 0 Å². The number of aryl methyl sites for hydroxylation is 2. The predicted octanol–water partition coefficient (Wildman–Crippen LogP) is 2.17. The van der Waals surface area contributed by atoms with Crippen molar-refractivity contribution in [3.8, 4) is 0 Å². The number of benzene rings is 1. The van der Waals surface area contributed by atoms with Crippen molar-refractivity contribution in [2.24, 2.45) is 0 Å². The zero-order valence-corrected chi connectivity index (χ0v) is 15.3. The number of H-pyrrole nitrogens is 1. The number of rotatable bonds is 3. The normalized spacial score (nSPS) is 16.6. The fraction of sp³-hybridized carbons (Fsp3) is 0.389. The number of amides is 1. The van der Waals surface area contributed by atoms with Crippen molar-refractivity contribution >= 4 is 15.9 Å². The molecule has 1 N–H and O–H groups in total. The van der Waals surface area contributed by atoms with Crippen LogP contribution >= 0.6 is 0 Å². The number of nitrogens with zero attached hydrogens (tertiary/aromatic N) is 2. The van der Waals surface area contributed by atoms with Crippen molar-refractivity contribution in [2.75, 3.05) is 26.2 Å². The second-order valence-electron chi connectivity index (χ2n) is 6.40. The largest absolute Gasteiger partial charge is 0.357 e. The highest BCUT2D eigenvalue weighted by Gasteiger charge is 2.29. The highest BCUT2D eigenvalue weighted by Crippen LogP contribution is 2.22. The summed E-state index contributed by atoms with van der Waals surface area (Å²) >= 11 is 0. The number of nitrogens with one attached hydrogen (secondary N) is 1. The Hall–Kier alpha value is -2.12. The molecule has 0 unspecified atom stereocenters. The number of aromatic amines is 1. The molecule has 6 nitrogen and oxygen atoms in total. The molecule has 1 aromatic heterocycles. The summed E-state index contributed by atoms with van der Waals surface area (Å²) < 4.78 is 27.5. The molecule has 0 aliphatic carbocycles. The predicted molar refractivity (Wildman–Crippen MR) is 96.0 cm³/mol. The molecule has 0 spiro atoms. The van der Waals surface area contributed by atoms with Gasteiger partial charge in [-0.2, -0.15) is 4.31 Å². The molecule has 1 aliphatic rings. The quantitative estimate of drug-likeness (QED) is 0.910. The molecule has 0 saturated carbocycles. The van der Waals surface area contributed by atoms with Crippen molar-refractivity contribution < 1.29 is 13.2 Å². The minimum atomic E-state index is -3.55. The first-order valence-electron chi connectivity index (χ1n) is 8.39. The van der Waals surface area contributed by atoms with Gasteiger partial charge in [0.15, 0.2) is 0 Å². The molecule has 2 aromatic rings. The van der Waals surface area contributed by atoms with E-state index in [9.17, 15) is 13.2 Å². The van der Waals surface area contributed by atoms with Crippen molar-refractivity contribution in [3.05, 3.63) is 53.3 Å². The van der Waals surface area contributed by atoms with E-state index in [1.165, 1.54) is 4.31 Å². The zero-order valence-electron chi connectivity index (χ0n) is 14.5. The number of sulfonamides is 1. The summed E-state index contributed by atoms with van der Waals surface area (Å²) in [6, 6.07) is 8.89. The van der Waals surface area contributed by atoms with Gasteiger partial charge >= 0.3 is 0 Å². The third-order valence-corrected chi connectivity index (χ3v) is 6.58. The first kappa shape index (κ1) is 17.7. The third kappa shape index (κ3) is 3.62. The molecule has 3 rings (SSSR count). The molecule has 1 saturated heterocycles. The van der Waals surface area contributed by atoms with Gasteiger partial charge in [-0.3, -0.25) is 4.79 Å². The van der Waals surface area contributed by atoms with Gasteiger partial charge in [0.05, 0.1) is 4.90 Å². The summed E-state index contributed by atoms with van der Waals surface area (Å²) in [5, 5.41) is 0. The van der Waals surface area contributed by atoms with Gasteiger partial charge in [-0.15, -0.1) is 0 Å². The van der Waals surface area contributed by atoms with Crippen LogP contribution in [0, 0.1) is 13.8 Å². The number of carbonyl (C=O) groups excluding carboxylic acids is 1. The summed E-state index contributed by atoms with van der Waals surface area (Å²) in [6.07, 6.45) is 2.33. The Kier molecular flexibility index (Phi) is 4.96. The van der Waals surface area contributed by atoms with Crippen LogP contribution in [0.5, 0.6) is 0 Å². The van der Waals surface area contributed by atoms with Crippen LogP contribution in [0.25, 0.3) is 0 Å². The lowest BCUT2D eigenvalue weighted by molar-refractivity contribution is 0.0759. The Labute approximate surface area is 148 Å². The van der Waals surface area contributed by atoms with Crippen LogP contribution in [0.1, 0.15) is 28.0 Å². The summed E-state index contributed by atoms with van der Waals surface area (Å²) in [5.74, 6) is -0.0873. The van der Waals surface area contributed by atoms with Crippen LogP contribution in [0.3, 0.4) is 0 Å². The van der Waals surface area contributed by atoms with Crippen LogP contribution < -0.4 is 0 Å². The number of hydrogen-bond acceptors (Lipinski definition) is 3. The molecule has 2 heterocycles. The maximum Gasteiger partial charge on any atom is 0.270 e. The van der Waals surface area contributed by atoms with E-state index >= 15 is 0 Å². The van der Waals surface area contributed by atoms with Crippen LogP contribution in [0.4, 0.5) is 0 Å². The number of carbonyl (C=O) groups is 1. The average molecular weight is 361 g/mol. The Balaban J connectivity index is 1.77. The fourth-order valence-corrected chi connectivity index (χ4v) is 4.87. The molecule has 1 fully saturated rings. The lowest BCUT2D eigenvalue weighted by Crippen LogP contribution is -2.37. The zero-order chi connectivity index (χ0) is 18.0. The van der Waals surface area contributed by atoms with Gasteiger partial charge in [0, 0.05) is 32.4 Å². The van der Waals surface area contributed by atoms with Gasteiger partial charge in [-0.1, -0.05) is 17.7 Å². The van der Waals surface area contributed by atoms with Gasteiger partial charge in [-0.25, -0.2) is 8.42 Å². The second-order valence-corrected chi connectivity index (χ2v) is 8.31. The monoisotopic (exact) mass is 361 g/mol. The van der Waals surface area contributed by atoms with E-state index in [0.717, 1.165) is 11.1 Å². The molecular weight excluding hydrogens is 338 g/mol. The number of hydrogen-bond donors (Lipinski definition) is 1. The van der Waals surface area contributed by atoms with Gasteiger partial charge in [0.25, 0.3) is 5.91 Å². The Morgan fingerprint density at radius 2 is 1.88 bits per heavy atom. The molecule has 1 aliphatic heterocycles. The van der Waals surface area contributed by atoms with Gasteiger partial charge < -0.3 is 9.88 Å². The Morgan fingerprint density at radius 1 is 1.08 bits per heavy atom. The number of aromatic nitrogens is 1. The molecule has 0 atom stereocenters. The van der Waals surface area contributed by atoms with Crippen LogP contribution in [0.15, 0.2) is 41.4 Å². The smallest absolute Gasteiger partial charge is 0.270 e. The molecule has 25 heavy (non-hydrogen) atoms. The molecule has 1 amide bonds. The first-order valence-corrected chi connectivity index (χ1v) is 9.83. The molecule has 1 aromatic carbocycles. The maximum atomic E-state index is 13.0. The minimum absolute atomic E-state index is 0.0873. The summed E-state index contributed by atoms with van der Waals surface area (Å²) in [7, 11) is -3.55. The fourth-order valence-electron chi connectivity index (χ4n) is 3.20. The van der Waals surface area contributed by atoms with Crippen LogP contribution in [-0.4, -0.2) is 54.7 Å². The van der Waals surface area contributed by atoms with Crippen LogP contribution in [0.2, 0.25) is 0 Å². The molecular formula is C18H23N3O3S. The lowest BCUT2D eigenvalue weighted by Gasteiger charge is -2.22. The molecule has 0 bridgehead atoms. The average Bonchev–Trinajstić information content (AvgIpc) is 2.97. The van der Waals surface area contributed by atoms with E-state index in [2.05, 4.69) is 4.98 Å². The van der Waals surface area contributed by atoms with E-state index in [0.29, 0.717) is 43.2 Å². The minimum Gasteiger partial charge on any atom is -0.357 e.